The van der Waals surface area contributed by atoms with Crippen molar-refractivity contribution in [2.75, 3.05) is 13.1 Å². The van der Waals surface area contributed by atoms with Crippen molar-refractivity contribution in [1.82, 2.24) is 14.7 Å². The predicted octanol–water partition coefficient (Wildman–Crippen LogP) is 1.71. The molecule has 1 aromatic heterocycles. The lowest BCUT2D eigenvalue weighted by atomic mass is 9.99. The molecular formula is C16H17N3O4. The van der Waals surface area contributed by atoms with Gasteiger partial charge in [-0.25, -0.2) is 9.59 Å². The Hall–Kier alpha value is -2.83. The van der Waals surface area contributed by atoms with Crippen molar-refractivity contribution in [3.63, 3.8) is 0 Å². The van der Waals surface area contributed by atoms with Crippen molar-refractivity contribution in [2.24, 2.45) is 0 Å². The number of ether oxygens (including phenoxy) is 1. The van der Waals surface area contributed by atoms with Crippen LogP contribution in [0, 0.1) is 0 Å². The first-order valence-corrected chi connectivity index (χ1v) is 7.31. The number of nitrogens with zero attached hydrogens (tertiary/aromatic N) is 3. The van der Waals surface area contributed by atoms with Crippen LogP contribution in [-0.2, 0) is 21.7 Å². The third-order valence-electron chi connectivity index (χ3n) is 4.05. The molecule has 0 bridgehead atoms. The van der Waals surface area contributed by atoms with Gasteiger partial charge in [0.15, 0.2) is 5.54 Å². The van der Waals surface area contributed by atoms with E-state index in [0.29, 0.717) is 13.0 Å². The SMILES string of the molecule is O=C(OCc1ccccc1)N1CCC(C(=O)O)(n2cccn2)C1. The number of benzene rings is 1. The van der Waals surface area contributed by atoms with E-state index in [-0.39, 0.29) is 13.2 Å². The van der Waals surface area contributed by atoms with Crippen LogP contribution >= 0.6 is 0 Å². The van der Waals surface area contributed by atoms with Gasteiger partial charge >= 0.3 is 12.1 Å². The third kappa shape index (κ3) is 2.90. The van der Waals surface area contributed by atoms with Crippen LogP contribution in [0.1, 0.15) is 12.0 Å². The van der Waals surface area contributed by atoms with Gasteiger partial charge in [-0.1, -0.05) is 30.3 Å². The van der Waals surface area contributed by atoms with E-state index in [0.717, 1.165) is 5.56 Å². The Morgan fingerprint density at radius 3 is 2.70 bits per heavy atom. The summed E-state index contributed by atoms with van der Waals surface area (Å²) in [5, 5.41) is 13.6. The number of aliphatic carboxylic acids is 1. The fourth-order valence-corrected chi connectivity index (χ4v) is 2.74. The summed E-state index contributed by atoms with van der Waals surface area (Å²) in [7, 11) is 0. The van der Waals surface area contributed by atoms with E-state index in [1.165, 1.54) is 15.8 Å². The first-order valence-electron chi connectivity index (χ1n) is 7.31. The van der Waals surface area contributed by atoms with Gasteiger partial charge in [-0.2, -0.15) is 5.10 Å². The smallest absolute Gasteiger partial charge is 0.410 e. The number of carboxylic acids is 1. The molecule has 1 N–H and O–H groups in total. The number of likely N-dealkylation sites (tertiary alicyclic amines) is 1. The Morgan fingerprint density at radius 2 is 2.04 bits per heavy atom. The lowest BCUT2D eigenvalue weighted by Gasteiger charge is -2.25. The monoisotopic (exact) mass is 315 g/mol. The number of carbonyl (C=O) groups excluding carboxylic acids is 1. The van der Waals surface area contributed by atoms with Crippen LogP contribution in [0.4, 0.5) is 4.79 Å². The number of carbonyl (C=O) groups is 2. The van der Waals surface area contributed by atoms with Crippen LogP contribution in [0.5, 0.6) is 0 Å². The topological polar surface area (TPSA) is 84.7 Å². The number of aromatic nitrogens is 2. The van der Waals surface area contributed by atoms with Crippen LogP contribution < -0.4 is 0 Å². The molecule has 0 spiro atoms. The van der Waals surface area contributed by atoms with Crippen molar-refractivity contribution < 1.29 is 19.4 Å². The fraction of sp³-hybridized carbons (Fsp3) is 0.312. The van der Waals surface area contributed by atoms with Gasteiger partial charge < -0.3 is 14.7 Å². The maximum Gasteiger partial charge on any atom is 0.410 e. The molecule has 0 aliphatic carbocycles. The number of hydrogen-bond donors (Lipinski definition) is 1. The highest BCUT2D eigenvalue weighted by Gasteiger charge is 2.49. The summed E-state index contributed by atoms with van der Waals surface area (Å²) in [6.45, 7) is 0.523. The van der Waals surface area contributed by atoms with Gasteiger partial charge in [-0.3, -0.25) is 4.68 Å². The molecule has 1 saturated heterocycles. The fourth-order valence-electron chi connectivity index (χ4n) is 2.74. The maximum atomic E-state index is 12.2. The van der Waals surface area contributed by atoms with E-state index in [1.807, 2.05) is 30.3 Å². The van der Waals surface area contributed by atoms with Gasteiger partial charge in [0.05, 0.1) is 6.54 Å². The molecule has 1 unspecified atom stereocenters. The molecule has 3 rings (SSSR count). The minimum atomic E-state index is -1.23. The molecule has 23 heavy (non-hydrogen) atoms. The largest absolute Gasteiger partial charge is 0.479 e. The van der Waals surface area contributed by atoms with E-state index in [2.05, 4.69) is 5.10 Å². The number of carboxylic acid groups (broad SMARTS) is 1. The quantitative estimate of drug-likeness (QED) is 0.928. The van der Waals surface area contributed by atoms with Gasteiger partial charge in [0.2, 0.25) is 0 Å². The lowest BCUT2D eigenvalue weighted by Crippen LogP contribution is -2.45. The van der Waals surface area contributed by atoms with Crippen LogP contribution in [0.3, 0.4) is 0 Å². The van der Waals surface area contributed by atoms with E-state index >= 15 is 0 Å². The molecule has 1 aliphatic rings. The molecule has 7 heteroatoms. The Bertz CT molecular complexity index is 687. The zero-order valence-corrected chi connectivity index (χ0v) is 12.5. The van der Waals surface area contributed by atoms with Crippen LogP contribution in [0.2, 0.25) is 0 Å². The van der Waals surface area contributed by atoms with Crippen molar-refractivity contribution in [3.8, 4) is 0 Å². The molecular weight excluding hydrogens is 298 g/mol. The third-order valence-corrected chi connectivity index (χ3v) is 4.05. The summed E-state index contributed by atoms with van der Waals surface area (Å²) in [5.74, 6) is -1.00. The minimum Gasteiger partial charge on any atom is -0.479 e. The highest BCUT2D eigenvalue weighted by atomic mass is 16.6. The molecule has 0 radical (unpaired) electrons. The maximum absolute atomic E-state index is 12.2. The van der Waals surface area contributed by atoms with E-state index < -0.39 is 17.6 Å². The van der Waals surface area contributed by atoms with Gasteiger partial charge in [0, 0.05) is 25.4 Å². The molecule has 1 aromatic carbocycles. The Labute approximate surface area is 133 Å². The van der Waals surface area contributed by atoms with Crippen LogP contribution in [0.25, 0.3) is 0 Å². The average Bonchev–Trinajstić information content (AvgIpc) is 3.23. The van der Waals surface area contributed by atoms with E-state index in [9.17, 15) is 14.7 Å². The number of amides is 1. The van der Waals surface area contributed by atoms with Crippen LogP contribution in [0.15, 0.2) is 48.8 Å². The summed E-state index contributed by atoms with van der Waals surface area (Å²) >= 11 is 0. The molecule has 0 saturated carbocycles. The normalized spacial score (nSPS) is 20.4. The molecule has 1 atom stereocenters. The Balaban J connectivity index is 1.66. The number of rotatable bonds is 4. The Kier molecular flexibility index (Phi) is 4.01. The predicted molar refractivity (Wildman–Crippen MR) is 80.7 cm³/mol. The van der Waals surface area contributed by atoms with Gasteiger partial charge in [0.1, 0.15) is 6.61 Å². The summed E-state index contributed by atoms with van der Waals surface area (Å²) in [5.41, 5.74) is -0.341. The lowest BCUT2D eigenvalue weighted by molar-refractivity contribution is -0.147. The molecule has 120 valence electrons. The van der Waals surface area contributed by atoms with Crippen molar-refractivity contribution in [2.45, 2.75) is 18.6 Å². The zero-order chi connectivity index (χ0) is 16.3. The Morgan fingerprint density at radius 1 is 1.26 bits per heavy atom. The molecule has 2 aromatic rings. The van der Waals surface area contributed by atoms with Crippen molar-refractivity contribution >= 4 is 12.1 Å². The minimum absolute atomic E-state index is 0.0393. The second-order valence-electron chi connectivity index (χ2n) is 5.50. The molecule has 7 nitrogen and oxygen atoms in total. The second kappa shape index (κ2) is 6.12. The summed E-state index contributed by atoms with van der Waals surface area (Å²) in [4.78, 5) is 25.3. The highest BCUT2D eigenvalue weighted by Crippen LogP contribution is 2.29. The van der Waals surface area contributed by atoms with E-state index in [4.69, 9.17) is 4.74 Å². The molecule has 2 heterocycles. The van der Waals surface area contributed by atoms with E-state index in [1.54, 1.807) is 12.3 Å². The molecule has 1 aliphatic heterocycles. The number of hydrogen-bond acceptors (Lipinski definition) is 4. The van der Waals surface area contributed by atoms with Gasteiger partial charge in [-0.05, 0) is 11.6 Å². The van der Waals surface area contributed by atoms with Gasteiger partial charge in [-0.15, -0.1) is 0 Å². The summed E-state index contributed by atoms with van der Waals surface area (Å²) < 4.78 is 6.67. The molecule has 1 amide bonds. The summed E-state index contributed by atoms with van der Waals surface area (Å²) in [6.07, 6.45) is 2.92. The first kappa shape index (κ1) is 15.1. The van der Waals surface area contributed by atoms with Crippen molar-refractivity contribution in [1.29, 1.82) is 0 Å². The zero-order valence-electron chi connectivity index (χ0n) is 12.5. The van der Waals surface area contributed by atoms with Crippen molar-refractivity contribution in [3.05, 3.63) is 54.4 Å². The first-order chi connectivity index (χ1) is 11.1. The standard InChI is InChI=1S/C16H17N3O4/c20-14(21)16(19-9-4-8-17-19)7-10-18(12-16)15(22)23-11-13-5-2-1-3-6-13/h1-6,8-9H,7,10-12H2,(H,20,21). The second-order valence-corrected chi connectivity index (χ2v) is 5.50. The average molecular weight is 315 g/mol. The molecule has 1 fully saturated rings. The van der Waals surface area contributed by atoms with Crippen LogP contribution in [-0.4, -0.2) is 44.9 Å². The summed E-state index contributed by atoms with van der Waals surface area (Å²) in [6, 6.07) is 11.0. The van der Waals surface area contributed by atoms with Gasteiger partial charge in [0.25, 0.3) is 0 Å². The highest BCUT2D eigenvalue weighted by molar-refractivity contribution is 5.79.